The smallest absolute Gasteiger partial charge is 0.255 e. The monoisotopic (exact) mass is 420 g/mol. The lowest BCUT2D eigenvalue weighted by molar-refractivity contribution is -0.137. The second-order valence-electron chi connectivity index (χ2n) is 8.26. The summed E-state index contributed by atoms with van der Waals surface area (Å²) in [5.74, 6) is 0.0811. The average molecular weight is 421 g/mol. The highest BCUT2D eigenvalue weighted by molar-refractivity contribution is 6.05. The van der Waals surface area contributed by atoms with Gasteiger partial charge in [-0.05, 0) is 43.2 Å². The Morgan fingerprint density at radius 1 is 1.21 bits per heavy atom. The van der Waals surface area contributed by atoms with Gasteiger partial charge in [0.1, 0.15) is 6.04 Å². The topological polar surface area (TPSA) is 95.7 Å². The zero-order valence-electron chi connectivity index (χ0n) is 16.7. The third kappa shape index (κ3) is 4.12. The normalized spacial score (nSPS) is 26.0. The largest absolute Gasteiger partial charge is 0.345 e. The van der Waals surface area contributed by atoms with E-state index < -0.39 is 6.04 Å². The summed E-state index contributed by atoms with van der Waals surface area (Å²) in [4.78, 5) is 41.9. The molecule has 29 heavy (non-hydrogen) atoms. The first-order valence-corrected chi connectivity index (χ1v) is 10.2. The SMILES string of the molecule is CC1CCN(C(=O)CNC(=O)C2c3ccccc3C(=O)N2C2CC2)C(CN)C1.Cl. The molecule has 2 aliphatic heterocycles. The Morgan fingerprint density at radius 2 is 1.93 bits per heavy atom. The predicted octanol–water partition coefficient (Wildman–Crippen LogP) is 1.47. The van der Waals surface area contributed by atoms with Gasteiger partial charge in [-0.1, -0.05) is 25.1 Å². The molecule has 158 valence electrons. The number of nitrogens with one attached hydrogen (secondary N) is 1. The maximum absolute atomic E-state index is 13.0. The molecule has 3 aliphatic rings. The van der Waals surface area contributed by atoms with Gasteiger partial charge in [0.15, 0.2) is 0 Å². The molecule has 3 amide bonds. The third-order valence-electron chi connectivity index (χ3n) is 6.17. The Hall–Kier alpha value is -2.12. The minimum atomic E-state index is -0.643. The van der Waals surface area contributed by atoms with Crippen LogP contribution in [0.5, 0.6) is 0 Å². The molecular weight excluding hydrogens is 392 g/mol. The molecule has 2 fully saturated rings. The van der Waals surface area contributed by atoms with Crippen molar-refractivity contribution in [1.29, 1.82) is 0 Å². The summed E-state index contributed by atoms with van der Waals surface area (Å²) in [7, 11) is 0. The second-order valence-corrected chi connectivity index (χ2v) is 8.26. The maximum Gasteiger partial charge on any atom is 0.255 e. The standard InChI is InChI=1S/C21H28N4O3.ClH/c1-13-8-9-24(15(10-13)11-22)18(26)12-23-20(27)19-16-4-2-3-5-17(16)21(28)25(19)14-6-7-14;/h2-5,13-15,19H,6-12,22H2,1H3,(H,23,27);1H. The van der Waals surface area contributed by atoms with Crippen molar-refractivity contribution in [2.75, 3.05) is 19.6 Å². The van der Waals surface area contributed by atoms with Crippen LogP contribution in [0.1, 0.15) is 54.6 Å². The van der Waals surface area contributed by atoms with Crippen molar-refractivity contribution < 1.29 is 14.4 Å². The summed E-state index contributed by atoms with van der Waals surface area (Å²) < 4.78 is 0. The van der Waals surface area contributed by atoms with Crippen LogP contribution < -0.4 is 11.1 Å². The molecule has 3 N–H and O–H groups in total. The summed E-state index contributed by atoms with van der Waals surface area (Å²) in [5.41, 5.74) is 7.17. The number of halogens is 1. The van der Waals surface area contributed by atoms with Gasteiger partial charge in [-0.15, -0.1) is 12.4 Å². The summed E-state index contributed by atoms with van der Waals surface area (Å²) in [6.45, 7) is 3.23. The van der Waals surface area contributed by atoms with Crippen LogP contribution in [0.3, 0.4) is 0 Å². The molecule has 3 atom stereocenters. The molecule has 0 radical (unpaired) electrons. The van der Waals surface area contributed by atoms with Crippen LogP contribution in [-0.2, 0) is 9.59 Å². The Labute approximate surface area is 177 Å². The maximum atomic E-state index is 13.0. The lowest BCUT2D eigenvalue weighted by Gasteiger charge is -2.38. The highest BCUT2D eigenvalue weighted by Crippen LogP contribution is 2.41. The van der Waals surface area contributed by atoms with Gasteiger partial charge in [0.2, 0.25) is 11.8 Å². The van der Waals surface area contributed by atoms with E-state index in [2.05, 4.69) is 12.2 Å². The van der Waals surface area contributed by atoms with Crippen LogP contribution in [0, 0.1) is 5.92 Å². The molecule has 0 aromatic heterocycles. The van der Waals surface area contributed by atoms with Crippen molar-refractivity contribution in [2.24, 2.45) is 11.7 Å². The Bertz CT molecular complexity index is 798. The molecule has 0 spiro atoms. The highest BCUT2D eigenvalue weighted by Gasteiger charge is 2.47. The molecule has 1 aromatic carbocycles. The number of carbonyl (C=O) groups is 3. The molecule has 2 heterocycles. The van der Waals surface area contributed by atoms with Gasteiger partial charge in [0, 0.05) is 30.7 Å². The zero-order chi connectivity index (χ0) is 19.8. The fourth-order valence-electron chi connectivity index (χ4n) is 4.50. The van der Waals surface area contributed by atoms with Gasteiger partial charge in [-0.2, -0.15) is 0 Å². The fraction of sp³-hybridized carbons (Fsp3) is 0.571. The van der Waals surface area contributed by atoms with E-state index in [4.69, 9.17) is 5.73 Å². The van der Waals surface area contributed by atoms with Gasteiger partial charge in [0.25, 0.3) is 5.91 Å². The molecule has 1 saturated heterocycles. The van der Waals surface area contributed by atoms with E-state index in [-0.39, 0.29) is 48.8 Å². The number of likely N-dealkylation sites (tertiary alicyclic amines) is 1. The van der Waals surface area contributed by atoms with E-state index in [1.807, 2.05) is 18.2 Å². The number of nitrogens with two attached hydrogens (primary N) is 1. The van der Waals surface area contributed by atoms with Crippen LogP contribution in [0.4, 0.5) is 0 Å². The number of benzene rings is 1. The molecule has 1 aromatic rings. The van der Waals surface area contributed by atoms with Crippen molar-refractivity contribution in [3.63, 3.8) is 0 Å². The minimum Gasteiger partial charge on any atom is -0.345 e. The van der Waals surface area contributed by atoms with Crippen LogP contribution in [0.15, 0.2) is 24.3 Å². The first-order chi connectivity index (χ1) is 13.5. The number of nitrogens with zero attached hydrogens (tertiary/aromatic N) is 2. The van der Waals surface area contributed by atoms with Crippen LogP contribution >= 0.6 is 12.4 Å². The van der Waals surface area contributed by atoms with Crippen molar-refractivity contribution in [1.82, 2.24) is 15.1 Å². The van der Waals surface area contributed by atoms with E-state index in [9.17, 15) is 14.4 Å². The predicted molar refractivity (Wildman–Crippen MR) is 112 cm³/mol. The van der Waals surface area contributed by atoms with Crippen LogP contribution in [0.2, 0.25) is 0 Å². The Balaban J connectivity index is 0.00000240. The number of carbonyl (C=O) groups excluding carboxylic acids is 3. The quantitative estimate of drug-likeness (QED) is 0.753. The molecule has 0 bridgehead atoms. The molecule has 3 unspecified atom stereocenters. The Kier molecular flexibility index (Phi) is 6.49. The molecule has 4 rings (SSSR count). The molecule has 1 aliphatic carbocycles. The summed E-state index contributed by atoms with van der Waals surface area (Å²) in [6, 6.07) is 6.77. The lowest BCUT2D eigenvalue weighted by atomic mass is 9.92. The highest BCUT2D eigenvalue weighted by atomic mass is 35.5. The van der Waals surface area contributed by atoms with E-state index in [0.717, 1.165) is 31.2 Å². The second kappa shape index (κ2) is 8.71. The molecule has 8 heteroatoms. The number of rotatable bonds is 5. The average Bonchev–Trinajstić information content (AvgIpc) is 3.50. The van der Waals surface area contributed by atoms with Crippen molar-refractivity contribution in [3.8, 4) is 0 Å². The molecule has 1 saturated carbocycles. The minimum absolute atomic E-state index is 0. The first-order valence-electron chi connectivity index (χ1n) is 10.2. The fourth-order valence-corrected chi connectivity index (χ4v) is 4.50. The van der Waals surface area contributed by atoms with Crippen molar-refractivity contribution in [3.05, 3.63) is 35.4 Å². The number of fused-ring (bicyclic) bond motifs is 1. The lowest BCUT2D eigenvalue weighted by Crippen LogP contribution is -2.52. The van der Waals surface area contributed by atoms with E-state index in [1.165, 1.54) is 0 Å². The van der Waals surface area contributed by atoms with Gasteiger partial charge >= 0.3 is 0 Å². The van der Waals surface area contributed by atoms with Crippen LogP contribution in [0.25, 0.3) is 0 Å². The van der Waals surface area contributed by atoms with Crippen molar-refractivity contribution >= 4 is 30.1 Å². The van der Waals surface area contributed by atoms with Gasteiger partial charge in [-0.3, -0.25) is 14.4 Å². The molecule has 7 nitrogen and oxygen atoms in total. The van der Waals surface area contributed by atoms with Gasteiger partial charge < -0.3 is 20.9 Å². The number of amides is 3. The first kappa shape index (κ1) is 21.6. The Morgan fingerprint density at radius 3 is 2.62 bits per heavy atom. The van der Waals surface area contributed by atoms with E-state index >= 15 is 0 Å². The van der Waals surface area contributed by atoms with Crippen molar-refractivity contribution in [2.45, 2.75) is 50.7 Å². The summed E-state index contributed by atoms with van der Waals surface area (Å²) in [5, 5.41) is 2.79. The van der Waals surface area contributed by atoms with Gasteiger partial charge in [-0.25, -0.2) is 0 Å². The summed E-state index contributed by atoms with van der Waals surface area (Å²) >= 11 is 0. The zero-order valence-corrected chi connectivity index (χ0v) is 17.5. The van der Waals surface area contributed by atoms with E-state index in [1.54, 1.807) is 15.9 Å². The number of hydrogen-bond acceptors (Lipinski definition) is 4. The van der Waals surface area contributed by atoms with E-state index in [0.29, 0.717) is 24.6 Å². The number of piperidine rings is 1. The van der Waals surface area contributed by atoms with Crippen LogP contribution in [-0.4, -0.2) is 59.2 Å². The van der Waals surface area contributed by atoms with Gasteiger partial charge in [0.05, 0.1) is 6.54 Å². The summed E-state index contributed by atoms with van der Waals surface area (Å²) in [6.07, 6.45) is 3.70. The third-order valence-corrected chi connectivity index (χ3v) is 6.17. The molecular formula is C21H29ClN4O3. The number of hydrogen-bond donors (Lipinski definition) is 2.